The molecule has 0 radical (unpaired) electrons. The van der Waals surface area contributed by atoms with Crippen LogP contribution in [0.4, 0.5) is 5.82 Å². The quantitative estimate of drug-likeness (QED) is 0.838. The van der Waals surface area contributed by atoms with Gasteiger partial charge in [0.1, 0.15) is 17.2 Å². The Morgan fingerprint density at radius 1 is 1.11 bits per heavy atom. The van der Waals surface area contributed by atoms with Crippen LogP contribution in [-0.2, 0) is 0 Å². The van der Waals surface area contributed by atoms with Gasteiger partial charge in [0.25, 0.3) is 0 Å². The third-order valence-electron chi connectivity index (χ3n) is 2.85. The topological polar surface area (TPSA) is 37.8 Å². The lowest BCUT2D eigenvalue weighted by Crippen LogP contribution is -2.09. The van der Waals surface area contributed by atoms with Crippen molar-refractivity contribution in [3.8, 4) is 0 Å². The van der Waals surface area contributed by atoms with Gasteiger partial charge in [-0.25, -0.2) is 9.97 Å². The molecule has 1 N–H and O–H groups in total. The van der Waals surface area contributed by atoms with Crippen molar-refractivity contribution in [3.63, 3.8) is 0 Å². The van der Waals surface area contributed by atoms with Crippen LogP contribution in [0.2, 0.25) is 5.02 Å². The van der Waals surface area contributed by atoms with Crippen LogP contribution >= 0.6 is 23.2 Å². The van der Waals surface area contributed by atoms with Crippen LogP contribution in [0, 0.1) is 0 Å². The van der Waals surface area contributed by atoms with Gasteiger partial charge in [0.2, 0.25) is 0 Å². The van der Waals surface area contributed by atoms with E-state index in [1.54, 1.807) is 0 Å². The molecule has 2 unspecified atom stereocenters. The molecule has 3 nitrogen and oxygen atoms in total. The Morgan fingerprint density at radius 2 is 1.79 bits per heavy atom. The summed E-state index contributed by atoms with van der Waals surface area (Å²) >= 11 is 12.3. The van der Waals surface area contributed by atoms with Gasteiger partial charge in [0.15, 0.2) is 0 Å². The Labute approximate surface area is 123 Å². The standard InChI is InChI=1S/C14H15Cl2N3/c1-9(15)13-12(16)14(18-8-17-13)19-10(2)11-6-4-3-5-7-11/h3-10H,1-2H3,(H,17,18,19). The average molecular weight is 296 g/mol. The smallest absolute Gasteiger partial charge is 0.149 e. The molecule has 1 aromatic heterocycles. The molecule has 2 atom stereocenters. The molecule has 2 aromatic rings. The highest BCUT2D eigenvalue weighted by molar-refractivity contribution is 6.34. The number of nitrogens with one attached hydrogen (secondary N) is 1. The molecule has 5 heteroatoms. The second-order valence-corrected chi connectivity index (χ2v) is 5.35. The molecule has 0 saturated heterocycles. The van der Waals surface area contributed by atoms with E-state index in [0.717, 1.165) is 5.56 Å². The lowest BCUT2D eigenvalue weighted by atomic mass is 10.1. The van der Waals surface area contributed by atoms with E-state index in [2.05, 4.69) is 34.3 Å². The molecule has 0 amide bonds. The fourth-order valence-corrected chi connectivity index (χ4v) is 2.33. The fraction of sp³-hybridized carbons (Fsp3) is 0.286. The highest BCUT2D eigenvalue weighted by Crippen LogP contribution is 2.31. The van der Waals surface area contributed by atoms with Crippen molar-refractivity contribution in [3.05, 3.63) is 52.9 Å². The maximum atomic E-state index is 6.26. The highest BCUT2D eigenvalue weighted by Gasteiger charge is 2.15. The summed E-state index contributed by atoms with van der Waals surface area (Å²) in [4.78, 5) is 8.28. The van der Waals surface area contributed by atoms with E-state index in [9.17, 15) is 0 Å². The zero-order valence-electron chi connectivity index (χ0n) is 10.8. The summed E-state index contributed by atoms with van der Waals surface area (Å²) in [5.41, 5.74) is 1.80. The number of hydrogen-bond acceptors (Lipinski definition) is 3. The van der Waals surface area contributed by atoms with Gasteiger partial charge in [-0.1, -0.05) is 41.9 Å². The number of aromatic nitrogens is 2. The first-order valence-electron chi connectivity index (χ1n) is 6.05. The maximum absolute atomic E-state index is 6.26. The summed E-state index contributed by atoms with van der Waals surface area (Å²) in [6.07, 6.45) is 1.47. The third-order valence-corrected chi connectivity index (χ3v) is 3.43. The number of benzene rings is 1. The van der Waals surface area contributed by atoms with E-state index in [1.165, 1.54) is 6.33 Å². The number of anilines is 1. The van der Waals surface area contributed by atoms with Crippen molar-refractivity contribution < 1.29 is 0 Å². The van der Waals surface area contributed by atoms with Gasteiger partial charge in [-0.15, -0.1) is 11.6 Å². The van der Waals surface area contributed by atoms with Crippen molar-refractivity contribution in [1.82, 2.24) is 9.97 Å². The zero-order chi connectivity index (χ0) is 13.8. The van der Waals surface area contributed by atoms with E-state index in [-0.39, 0.29) is 11.4 Å². The molecule has 2 rings (SSSR count). The summed E-state index contributed by atoms with van der Waals surface area (Å²) < 4.78 is 0. The monoisotopic (exact) mass is 295 g/mol. The van der Waals surface area contributed by atoms with Crippen LogP contribution in [0.15, 0.2) is 36.7 Å². The van der Waals surface area contributed by atoms with Crippen LogP contribution in [0.1, 0.15) is 36.5 Å². The Balaban J connectivity index is 2.22. The van der Waals surface area contributed by atoms with E-state index < -0.39 is 0 Å². The molecule has 0 spiro atoms. The Hall–Kier alpha value is -1.32. The summed E-state index contributed by atoms with van der Waals surface area (Å²) in [6.45, 7) is 3.89. The molecule has 19 heavy (non-hydrogen) atoms. The maximum Gasteiger partial charge on any atom is 0.149 e. The number of rotatable bonds is 4. The number of alkyl halides is 1. The second-order valence-electron chi connectivity index (χ2n) is 4.31. The van der Waals surface area contributed by atoms with Gasteiger partial charge in [-0.2, -0.15) is 0 Å². The van der Waals surface area contributed by atoms with Crippen LogP contribution in [0.3, 0.4) is 0 Å². The van der Waals surface area contributed by atoms with Gasteiger partial charge in [0, 0.05) is 6.04 Å². The van der Waals surface area contributed by atoms with Crippen LogP contribution < -0.4 is 5.32 Å². The highest BCUT2D eigenvalue weighted by atomic mass is 35.5. The average Bonchev–Trinajstić information content (AvgIpc) is 2.41. The Bertz CT molecular complexity index is 544. The third kappa shape index (κ3) is 3.37. The summed E-state index contributed by atoms with van der Waals surface area (Å²) in [6, 6.07) is 10.2. The Kier molecular flexibility index (Phi) is 4.61. The van der Waals surface area contributed by atoms with Crippen molar-refractivity contribution in [1.29, 1.82) is 0 Å². The van der Waals surface area contributed by atoms with Gasteiger partial charge >= 0.3 is 0 Å². The van der Waals surface area contributed by atoms with Gasteiger partial charge in [-0.3, -0.25) is 0 Å². The van der Waals surface area contributed by atoms with Gasteiger partial charge in [-0.05, 0) is 19.4 Å². The molecular formula is C14H15Cl2N3. The van der Waals surface area contributed by atoms with Gasteiger partial charge < -0.3 is 5.32 Å². The first-order chi connectivity index (χ1) is 9.09. The Morgan fingerprint density at radius 3 is 2.42 bits per heavy atom. The first kappa shape index (κ1) is 14.1. The van der Waals surface area contributed by atoms with Gasteiger partial charge in [0.05, 0.1) is 11.1 Å². The van der Waals surface area contributed by atoms with Crippen molar-refractivity contribution in [2.45, 2.75) is 25.3 Å². The van der Waals surface area contributed by atoms with Crippen LogP contribution in [0.25, 0.3) is 0 Å². The van der Waals surface area contributed by atoms with Crippen molar-refractivity contribution in [2.24, 2.45) is 0 Å². The van der Waals surface area contributed by atoms with Crippen molar-refractivity contribution >= 4 is 29.0 Å². The van der Waals surface area contributed by atoms with Crippen molar-refractivity contribution in [2.75, 3.05) is 5.32 Å². The minimum absolute atomic E-state index is 0.104. The predicted octanol–water partition coefficient (Wildman–Crippen LogP) is 4.60. The molecule has 0 aliphatic rings. The lowest BCUT2D eigenvalue weighted by molar-refractivity contribution is 0.865. The summed E-state index contributed by atoms with van der Waals surface area (Å²) in [7, 11) is 0. The molecule has 100 valence electrons. The largest absolute Gasteiger partial charge is 0.362 e. The SMILES string of the molecule is CC(Cl)c1ncnc(NC(C)c2ccccc2)c1Cl. The van der Waals surface area contributed by atoms with Crippen LogP contribution in [0.5, 0.6) is 0 Å². The molecule has 0 saturated carbocycles. The summed E-state index contributed by atoms with van der Waals surface area (Å²) in [5.74, 6) is 0.607. The predicted molar refractivity (Wildman–Crippen MR) is 79.8 cm³/mol. The first-order valence-corrected chi connectivity index (χ1v) is 6.87. The van der Waals surface area contributed by atoms with E-state index in [0.29, 0.717) is 16.5 Å². The molecular weight excluding hydrogens is 281 g/mol. The van der Waals surface area contributed by atoms with Crippen LogP contribution in [-0.4, -0.2) is 9.97 Å². The zero-order valence-corrected chi connectivity index (χ0v) is 12.3. The van der Waals surface area contributed by atoms with E-state index >= 15 is 0 Å². The number of nitrogens with zero attached hydrogens (tertiary/aromatic N) is 2. The summed E-state index contributed by atoms with van der Waals surface area (Å²) in [5, 5.41) is 3.51. The normalized spacial score (nSPS) is 13.9. The second kappa shape index (κ2) is 6.22. The fourth-order valence-electron chi connectivity index (χ4n) is 1.79. The molecule has 0 aliphatic carbocycles. The minimum atomic E-state index is -0.247. The lowest BCUT2D eigenvalue weighted by Gasteiger charge is -2.17. The number of halogens is 2. The molecule has 0 fully saturated rings. The molecule has 1 aromatic carbocycles. The molecule has 1 heterocycles. The molecule has 0 aliphatic heterocycles. The molecule has 0 bridgehead atoms. The number of hydrogen-bond donors (Lipinski definition) is 1. The van der Waals surface area contributed by atoms with E-state index in [1.807, 2.05) is 25.1 Å². The minimum Gasteiger partial charge on any atom is -0.362 e. The van der Waals surface area contributed by atoms with E-state index in [4.69, 9.17) is 23.2 Å².